The molecule has 130 valence electrons. The minimum Gasteiger partial charge on any atom is -0.491 e. The van der Waals surface area contributed by atoms with Gasteiger partial charge in [0, 0.05) is 25.4 Å². The van der Waals surface area contributed by atoms with E-state index in [1.54, 1.807) is 0 Å². The van der Waals surface area contributed by atoms with Crippen molar-refractivity contribution in [2.24, 2.45) is 0 Å². The molecule has 1 N–H and O–H groups in total. The van der Waals surface area contributed by atoms with Crippen molar-refractivity contribution in [1.29, 1.82) is 0 Å². The van der Waals surface area contributed by atoms with E-state index in [4.69, 9.17) is 18.9 Å². The van der Waals surface area contributed by atoms with Gasteiger partial charge in [-0.3, -0.25) is 0 Å². The zero-order chi connectivity index (χ0) is 16.5. The molecule has 1 aliphatic rings. The molecule has 2 rings (SSSR count). The van der Waals surface area contributed by atoms with Crippen LogP contribution in [0.5, 0.6) is 5.75 Å². The maximum atomic E-state index is 9.70. The fourth-order valence-electron chi connectivity index (χ4n) is 2.10. The Balaban J connectivity index is 1.83. The van der Waals surface area contributed by atoms with Crippen LogP contribution in [0.1, 0.15) is 13.8 Å². The van der Waals surface area contributed by atoms with Crippen molar-refractivity contribution in [3.05, 3.63) is 24.3 Å². The van der Waals surface area contributed by atoms with Crippen LogP contribution in [0.15, 0.2) is 24.3 Å². The Kier molecular flexibility index (Phi) is 7.61. The molecule has 0 saturated carbocycles. The van der Waals surface area contributed by atoms with Crippen molar-refractivity contribution in [3.8, 4) is 5.75 Å². The zero-order valence-corrected chi connectivity index (χ0v) is 13.9. The molecule has 6 nitrogen and oxygen atoms in total. The summed E-state index contributed by atoms with van der Waals surface area (Å²) in [7, 11) is 0. The van der Waals surface area contributed by atoms with E-state index in [9.17, 15) is 5.11 Å². The highest BCUT2D eigenvalue weighted by molar-refractivity contribution is 5.49. The molecule has 1 aromatic carbocycles. The van der Waals surface area contributed by atoms with Gasteiger partial charge in [-0.15, -0.1) is 0 Å². The first-order valence-electron chi connectivity index (χ1n) is 8.15. The maximum Gasteiger partial charge on any atom is 0.119 e. The van der Waals surface area contributed by atoms with Crippen LogP contribution in [0.25, 0.3) is 0 Å². The first-order valence-corrected chi connectivity index (χ1v) is 8.15. The number of aliphatic hydroxyl groups excluding tert-OH is 1. The Hall–Kier alpha value is -1.34. The predicted molar refractivity (Wildman–Crippen MR) is 88.0 cm³/mol. The average molecular weight is 325 g/mol. The number of hydrogen-bond donors (Lipinski definition) is 1. The zero-order valence-electron chi connectivity index (χ0n) is 13.9. The third-order valence-electron chi connectivity index (χ3n) is 3.44. The Morgan fingerprint density at radius 1 is 1.17 bits per heavy atom. The number of nitrogens with zero attached hydrogens (tertiary/aromatic N) is 1. The van der Waals surface area contributed by atoms with E-state index < -0.39 is 6.10 Å². The topological polar surface area (TPSA) is 63.7 Å². The van der Waals surface area contributed by atoms with Crippen LogP contribution in [0.3, 0.4) is 0 Å². The third-order valence-corrected chi connectivity index (χ3v) is 3.44. The standard InChI is InChI=1S/C17H27NO5/c1-3-20-10-15(19)11-22-16-7-5-14(6-8-16)18(13-21-4-2)9-17-12-23-17/h5-8,15,17,19H,3-4,9-13H2,1-2H3. The van der Waals surface area contributed by atoms with Crippen LogP contribution < -0.4 is 9.64 Å². The third kappa shape index (κ3) is 6.74. The fraction of sp³-hybridized carbons (Fsp3) is 0.647. The Morgan fingerprint density at radius 2 is 1.87 bits per heavy atom. The van der Waals surface area contributed by atoms with Gasteiger partial charge in [0.2, 0.25) is 0 Å². The molecule has 1 aliphatic heterocycles. The molecule has 0 spiro atoms. The fourth-order valence-corrected chi connectivity index (χ4v) is 2.10. The monoisotopic (exact) mass is 325 g/mol. The second-order valence-corrected chi connectivity index (χ2v) is 5.42. The number of anilines is 1. The van der Waals surface area contributed by atoms with Crippen LogP contribution in [0.4, 0.5) is 5.69 Å². The SMILES string of the molecule is CCOCC(O)COc1ccc(N(COCC)CC2CO2)cc1. The lowest BCUT2D eigenvalue weighted by molar-refractivity contribution is 0.0164. The number of epoxide rings is 1. The molecular formula is C17H27NO5. The molecular weight excluding hydrogens is 298 g/mol. The highest BCUT2D eigenvalue weighted by atomic mass is 16.6. The number of rotatable bonds is 12. The van der Waals surface area contributed by atoms with E-state index in [1.807, 2.05) is 38.1 Å². The summed E-state index contributed by atoms with van der Waals surface area (Å²) >= 11 is 0. The van der Waals surface area contributed by atoms with Gasteiger partial charge in [0.25, 0.3) is 0 Å². The van der Waals surface area contributed by atoms with Crippen molar-refractivity contribution in [2.75, 3.05) is 51.2 Å². The van der Waals surface area contributed by atoms with Crippen molar-refractivity contribution in [1.82, 2.24) is 0 Å². The smallest absolute Gasteiger partial charge is 0.119 e. The van der Waals surface area contributed by atoms with Gasteiger partial charge in [-0.2, -0.15) is 0 Å². The highest BCUT2D eigenvalue weighted by Crippen LogP contribution is 2.22. The summed E-state index contributed by atoms with van der Waals surface area (Å²) in [5.74, 6) is 0.725. The molecule has 2 atom stereocenters. The molecule has 23 heavy (non-hydrogen) atoms. The molecule has 1 heterocycles. The maximum absolute atomic E-state index is 9.70. The lowest BCUT2D eigenvalue weighted by Crippen LogP contribution is -2.30. The van der Waals surface area contributed by atoms with E-state index in [2.05, 4.69) is 4.90 Å². The summed E-state index contributed by atoms with van der Waals surface area (Å²) in [5.41, 5.74) is 1.07. The van der Waals surface area contributed by atoms with Crippen LogP contribution in [0, 0.1) is 0 Å². The Morgan fingerprint density at radius 3 is 2.48 bits per heavy atom. The van der Waals surface area contributed by atoms with Gasteiger partial charge in [-0.05, 0) is 38.1 Å². The molecule has 0 bridgehead atoms. The molecule has 0 aromatic heterocycles. The summed E-state index contributed by atoms with van der Waals surface area (Å²) in [6.07, 6.45) is -0.309. The van der Waals surface area contributed by atoms with Crippen LogP contribution in [-0.2, 0) is 14.2 Å². The van der Waals surface area contributed by atoms with Crippen LogP contribution >= 0.6 is 0 Å². The van der Waals surface area contributed by atoms with Crippen LogP contribution in [0.2, 0.25) is 0 Å². The number of hydrogen-bond acceptors (Lipinski definition) is 6. The summed E-state index contributed by atoms with van der Waals surface area (Å²) in [6, 6.07) is 7.78. The van der Waals surface area contributed by atoms with E-state index in [-0.39, 0.29) is 13.2 Å². The quantitative estimate of drug-likeness (QED) is 0.466. The summed E-state index contributed by atoms with van der Waals surface area (Å²) in [4.78, 5) is 2.15. The van der Waals surface area contributed by atoms with Gasteiger partial charge in [-0.1, -0.05) is 0 Å². The molecule has 1 aromatic rings. The van der Waals surface area contributed by atoms with E-state index in [0.717, 1.165) is 24.6 Å². The first kappa shape index (κ1) is 18.0. The molecule has 6 heteroatoms. The molecule has 1 fully saturated rings. The molecule has 0 amide bonds. The Labute approximate surface area is 137 Å². The molecule has 2 unspecified atom stereocenters. The Bertz CT molecular complexity index is 435. The van der Waals surface area contributed by atoms with Crippen LogP contribution in [-0.4, -0.2) is 63.6 Å². The van der Waals surface area contributed by atoms with Gasteiger partial charge in [0.1, 0.15) is 25.2 Å². The molecule has 0 radical (unpaired) electrons. The van der Waals surface area contributed by atoms with Crippen molar-refractivity contribution in [2.45, 2.75) is 26.1 Å². The van der Waals surface area contributed by atoms with E-state index >= 15 is 0 Å². The predicted octanol–water partition coefficient (Wildman–Crippen LogP) is 1.66. The van der Waals surface area contributed by atoms with Gasteiger partial charge in [0.15, 0.2) is 0 Å². The van der Waals surface area contributed by atoms with E-state index in [0.29, 0.717) is 26.0 Å². The van der Waals surface area contributed by atoms with Gasteiger partial charge < -0.3 is 29.0 Å². The second-order valence-electron chi connectivity index (χ2n) is 5.42. The van der Waals surface area contributed by atoms with Gasteiger partial charge in [-0.25, -0.2) is 0 Å². The largest absolute Gasteiger partial charge is 0.491 e. The van der Waals surface area contributed by atoms with Gasteiger partial charge >= 0.3 is 0 Å². The van der Waals surface area contributed by atoms with E-state index in [1.165, 1.54) is 0 Å². The van der Waals surface area contributed by atoms with Crippen molar-refractivity contribution >= 4 is 5.69 Å². The first-order chi connectivity index (χ1) is 11.2. The molecule has 0 aliphatic carbocycles. The molecule has 1 saturated heterocycles. The average Bonchev–Trinajstić information content (AvgIpc) is 3.39. The number of aliphatic hydroxyl groups is 1. The lowest BCUT2D eigenvalue weighted by atomic mass is 10.2. The highest BCUT2D eigenvalue weighted by Gasteiger charge is 2.25. The van der Waals surface area contributed by atoms with Crippen molar-refractivity contribution in [3.63, 3.8) is 0 Å². The summed E-state index contributed by atoms with van der Waals surface area (Å²) in [6.45, 7) is 7.85. The van der Waals surface area contributed by atoms with Gasteiger partial charge in [0.05, 0.1) is 19.3 Å². The number of ether oxygens (including phenoxy) is 4. The lowest BCUT2D eigenvalue weighted by Gasteiger charge is -2.24. The minimum absolute atomic E-state index is 0.220. The normalized spacial score (nSPS) is 17.8. The summed E-state index contributed by atoms with van der Waals surface area (Å²) in [5, 5.41) is 9.70. The minimum atomic E-state index is -0.615. The number of benzene rings is 1. The van der Waals surface area contributed by atoms with Crippen molar-refractivity contribution < 1.29 is 24.1 Å². The second kappa shape index (κ2) is 9.72. The summed E-state index contributed by atoms with van der Waals surface area (Å²) < 4.78 is 21.5.